The lowest BCUT2D eigenvalue weighted by molar-refractivity contribution is 0.279. The van der Waals surface area contributed by atoms with Gasteiger partial charge in [0.1, 0.15) is 12.4 Å². The molecular formula is C17H20FNO2. The van der Waals surface area contributed by atoms with Gasteiger partial charge in [0.05, 0.1) is 7.11 Å². The van der Waals surface area contributed by atoms with Gasteiger partial charge in [0.2, 0.25) is 0 Å². The second kappa shape index (κ2) is 7.09. The van der Waals surface area contributed by atoms with Crippen molar-refractivity contribution >= 4 is 0 Å². The largest absolute Gasteiger partial charge is 0.493 e. The van der Waals surface area contributed by atoms with Gasteiger partial charge in [-0.1, -0.05) is 24.3 Å². The molecule has 2 N–H and O–H groups in total. The van der Waals surface area contributed by atoms with E-state index >= 15 is 0 Å². The van der Waals surface area contributed by atoms with Gasteiger partial charge in [0.15, 0.2) is 11.5 Å². The van der Waals surface area contributed by atoms with Gasteiger partial charge in [0, 0.05) is 11.6 Å². The smallest absolute Gasteiger partial charge is 0.161 e. The zero-order chi connectivity index (χ0) is 15.2. The van der Waals surface area contributed by atoms with Crippen molar-refractivity contribution < 1.29 is 13.9 Å². The monoisotopic (exact) mass is 289 g/mol. The predicted octanol–water partition coefficient (Wildman–Crippen LogP) is 3.30. The molecule has 0 amide bonds. The Balaban J connectivity index is 2.11. The van der Waals surface area contributed by atoms with E-state index in [2.05, 4.69) is 0 Å². The minimum atomic E-state index is -0.273. The van der Waals surface area contributed by atoms with Gasteiger partial charge in [-0.15, -0.1) is 0 Å². The van der Waals surface area contributed by atoms with Crippen molar-refractivity contribution in [2.45, 2.75) is 26.0 Å². The van der Waals surface area contributed by atoms with E-state index in [0.29, 0.717) is 17.1 Å². The normalized spacial score (nSPS) is 12.0. The van der Waals surface area contributed by atoms with Gasteiger partial charge >= 0.3 is 0 Å². The molecule has 0 aliphatic heterocycles. The summed E-state index contributed by atoms with van der Waals surface area (Å²) in [7, 11) is 1.58. The third kappa shape index (κ3) is 4.20. The highest BCUT2D eigenvalue weighted by Gasteiger charge is 2.08. The second-order valence-corrected chi connectivity index (χ2v) is 5.05. The summed E-state index contributed by atoms with van der Waals surface area (Å²) in [5, 5.41) is 0. The fourth-order valence-corrected chi connectivity index (χ4v) is 2.10. The van der Waals surface area contributed by atoms with E-state index in [1.807, 2.05) is 25.1 Å². The van der Waals surface area contributed by atoms with Crippen LogP contribution >= 0.6 is 0 Å². The number of benzene rings is 2. The SMILES string of the molecule is COc1cc(CC(C)N)ccc1OCc1ccccc1F. The standard InChI is InChI=1S/C17H20FNO2/c1-12(19)9-13-7-8-16(17(10-13)20-2)21-11-14-5-3-4-6-15(14)18/h3-8,10,12H,9,11,19H2,1-2H3. The van der Waals surface area contributed by atoms with E-state index in [1.54, 1.807) is 25.3 Å². The van der Waals surface area contributed by atoms with Crippen LogP contribution in [0.5, 0.6) is 11.5 Å². The Labute approximate surface area is 124 Å². The maximum Gasteiger partial charge on any atom is 0.161 e. The van der Waals surface area contributed by atoms with Crippen molar-refractivity contribution in [3.8, 4) is 11.5 Å². The Kier molecular flexibility index (Phi) is 5.17. The fourth-order valence-electron chi connectivity index (χ4n) is 2.10. The number of halogens is 1. The average Bonchev–Trinajstić information content (AvgIpc) is 2.46. The molecule has 112 valence electrons. The molecule has 4 heteroatoms. The summed E-state index contributed by atoms with van der Waals surface area (Å²) >= 11 is 0. The summed E-state index contributed by atoms with van der Waals surface area (Å²) in [5.41, 5.74) is 7.39. The molecule has 0 saturated heterocycles. The molecule has 0 saturated carbocycles. The summed E-state index contributed by atoms with van der Waals surface area (Å²) in [5.74, 6) is 0.948. The Bertz CT molecular complexity index is 599. The Hall–Kier alpha value is -2.07. The first-order valence-corrected chi connectivity index (χ1v) is 6.89. The maximum atomic E-state index is 13.6. The zero-order valence-electron chi connectivity index (χ0n) is 12.3. The number of nitrogens with two attached hydrogens (primary N) is 1. The van der Waals surface area contributed by atoms with Crippen LogP contribution in [0, 0.1) is 5.82 Å². The van der Waals surface area contributed by atoms with E-state index in [0.717, 1.165) is 12.0 Å². The number of methoxy groups -OCH3 is 1. The lowest BCUT2D eigenvalue weighted by Crippen LogP contribution is -2.17. The van der Waals surface area contributed by atoms with Gasteiger partial charge < -0.3 is 15.2 Å². The quantitative estimate of drug-likeness (QED) is 0.887. The van der Waals surface area contributed by atoms with Gasteiger partial charge in [-0.3, -0.25) is 0 Å². The first-order chi connectivity index (χ1) is 10.1. The fraction of sp³-hybridized carbons (Fsp3) is 0.294. The lowest BCUT2D eigenvalue weighted by atomic mass is 10.1. The summed E-state index contributed by atoms with van der Waals surface area (Å²) in [6, 6.07) is 12.3. The van der Waals surface area contributed by atoms with Gasteiger partial charge in [-0.2, -0.15) is 0 Å². The van der Waals surface area contributed by atoms with Gasteiger partial charge in [-0.05, 0) is 37.1 Å². The highest BCUT2D eigenvalue weighted by Crippen LogP contribution is 2.29. The van der Waals surface area contributed by atoms with Crippen LogP contribution in [0.2, 0.25) is 0 Å². The molecule has 1 unspecified atom stereocenters. The molecule has 0 heterocycles. The molecule has 0 aromatic heterocycles. The van der Waals surface area contributed by atoms with Gasteiger partial charge in [-0.25, -0.2) is 4.39 Å². The molecule has 21 heavy (non-hydrogen) atoms. The molecule has 0 spiro atoms. The summed E-state index contributed by atoms with van der Waals surface area (Å²) in [6.45, 7) is 2.12. The van der Waals surface area contributed by atoms with Crippen LogP contribution in [0.15, 0.2) is 42.5 Å². The molecule has 2 rings (SSSR count). The maximum absolute atomic E-state index is 13.6. The van der Waals surface area contributed by atoms with Crippen LogP contribution in [0.3, 0.4) is 0 Å². The summed E-state index contributed by atoms with van der Waals surface area (Å²) in [4.78, 5) is 0. The lowest BCUT2D eigenvalue weighted by Gasteiger charge is -2.13. The van der Waals surface area contributed by atoms with E-state index in [4.69, 9.17) is 15.2 Å². The van der Waals surface area contributed by atoms with E-state index in [-0.39, 0.29) is 18.5 Å². The first-order valence-electron chi connectivity index (χ1n) is 6.89. The van der Waals surface area contributed by atoms with Crippen molar-refractivity contribution in [3.63, 3.8) is 0 Å². The van der Waals surface area contributed by atoms with Crippen LogP contribution in [0.4, 0.5) is 4.39 Å². The molecule has 0 radical (unpaired) electrons. The summed E-state index contributed by atoms with van der Waals surface area (Å²) < 4.78 is 24.5. The number of rotatable bonds is 6. The minimum Gasteiger partial charge on any atom is -0.493 e. The molecule has 1 atom stereocenters. The predicted molar refractivity (Wildman–Crippen MR) is 81.1 cm³/mol. The molecule has 0 aliphatic rings. The highest BCUT2D eigenvalue weighted by molar-refractivity contribution is 5.43. The minimum absolute atomic E-state index is 0.0832. The van der Waals surface area contributed by atoms with E-state index in [1.165, 1.54) is 6.07 Å². The third-order valence-electron chi connectivity index (χ3n) is 3.13. The molecular weight excluding hydrogens is 269 g/mol. The molecule has 0 bridgehead atoms. The molecule has 0 aliphatic carbocycles. The second-order valence-electron chi connectivity index (χ2n) is 5.05. The van der Waals surface area contributed by atoms with Gasteiger partial charge in [0.25, 0.3) is 0 Å². The topological polar surface area (TPSA) is 44.5 Å². The third-order valence-corrected chi connectivity index (χ3v) is 3.13. The van der Waals surface area contributed by atoms with E-state index < -0.39 is 0 Å². The highest BCUT2D eigenvalue weighted by atomic mass is 19.1. The van der Waals surface area contributed by atoms with Crippen LogP contribution in [0.1, 0.15) is 18.1 Å². The number of hydrogen-bond acceptors (Lipinski definition) is 3. The van der Waals surface area contributed by atoms with Crippen LogP contribution in [-0.4, -0.2) is 13.2 Å². The van der Waals surface area contributed by atoms with Crippen LogP contribution in [-0.2, 0) is 13.0 Å². The molecule has 2 aromatic rings. The van der Waals surface area contributed by atoms with Crippen LogP contribution in [0.25, 0.3) is 0 Å². The van der Waals surface area contributed by atoms with Crippen LogP contribution < -0.4 is 15.2 Å². The van der Waals surface area contributed by atoms with Crippen molar-refractivity contribution in [1.29, 1.82) is 0 Å². The number of hydrogen-bond donors (Lipinski definition) is 1. The average molecular weight is 289 g/mol. The number of ether oxygens (including phenoxy) is 2. The molecule has 3 nitrogen and oxygen atoms in total. The van der Waals surface area contributed by atoms with Crippen molar-refractivity contribution in [3.05, 3.63) is 59.4 Å². The molecule has 0 fully saturated rings. The summed E-state index contributed by atoms with van der Waals surface area (Å²) in [6.07, 6.45) is 0.768. The van der Waals surface area contributed by atoms with Crippen molar-refractivity contribution in [1.82, 2.24) is 0 Å². The first kappa shape index (κ1) is 15.3. The Morgan fingerprint density at radius 3 is 2.57 bits per heavy atom. The van der Waals surface area contributed by atoms with Crippen molar-refractivity contribution in [2.24, 2.45) is 5.73 Å². The Morgan fingerprint density at radius 2 is 1.90 bits per heavy atom. The van der Waals surface area contributed by atoms with E-state index in [9.17, 15) is 4.39 Å². The van der Waals surface area contributed by atoms with Crippen molar-refractivity contribution in [2.75, 3.05) is 7.11 Å². The Morgan fingerprint density at radius 1 is 1.14 bits per heavy atom. The molecule has 2 aromatic carbocycles. The zero-order valence-corrected chi connectivity index (χ0v) is 12.3.